The molecule has 106 valence electrons. The number of thioether (sulfide) groups is 1. The molecule has 1 saturated carbocycles. The molecule has 1 aromatic rings. The SMILES string of the molecule is CSC1(CNC(=O)c2ccc(C#CCO)cc2F)CC1. The molecule has 0 bridgehead atoms. The lowest BCUT2D eigenvalue weighted by Gasteiger charge is -2.13. The summed E-state index contributed by atoms with van der Waals surface area (Å²) in [6.45, 7) is 0.291. The number of hydrogen-bond donors (Lipinski definition) is 2. The summed E-state index contributed by atoms with van der Waals surface area (Å²) in [6.07, 6.45) is 4.20. The number of hydrogen-bond acceptors (Lipinski definition) is 3. The van der Waals surface area contributed by atoms with E-state index in [1.54, 1.807) is 17.8 Å². The van der Waals surface area contributed by atoms with Crippen molar-refractivity contribution in [2.45, 2.75) is 17.6 Å². The van der Waals surface area contributed by atoms with Crippen molar-refractivity contribution in [3.05, 3.63) is 35.1 Å². The zero-order valence-corrected chi connectivity index (χ0v) is 12.0. The van der Waals surface area contributed by atoms with Crippen LogP contribution in [0.4, 0.5) is 4.39 Å². The lowest BCUT2D eigenvalue weighted by molar-refractivity contribution is 0.0949. The Morgan fingerprint density at radius 1 is 1.55 bits per heavy atom. The highest BCUT2D eigenvalue weighted by Crippen LogP contribution is 2.46. The van der Waals surface area contributed by atoms with E-state index < -0.39 is 11.7 Å². The Kier molecular flexibility index (Phi) is 4.69. The molecule has 0 spiro atoms. The first-order valence-corrected chi connectivity index (χ1v) is 7.55. The largest absolute Gasteiger partial charge is 0.384 e. The Morgan fingerprint density at radius 3 is 2.85 bits per heavy atom. The average molecular weight is 293 g/mol. The van der Waals surface area contributed by atoms with Gasteiger partial charge >= 0.3 is 0 Å². The number of carbonyl (C=O) groups excluding carboxylic acids is 1. The minimum atomic E-state index is -0.596. The van der Waals surface area contributed by atoms with Gasteiger partial charge in [-0.05, 0) is 37.3 Å². The van der Waals surface area contributed by atoms with Crippen LogP contribution in [0.25, 0.3) is 0 Å². The molecule has 1 aliphatic carbocycles. The zero-order valence-electron chi connectivity index (χ0n) is 11.2. The Hall–Kier alpha value is -1.51. The maximum absolute atomic E-state index is 13.8. The van der Waals surface area contributed by atoms with Gasteiger partial charge in [0, 0.05) is 16.9 Å². The predicted octanol–water partition coefficient (Wildman–Crippen LogP) is 1.79. The summed E-state index contributed by atoms with van der Waals surface area (Å²) in [5, 5.41) is 11.4. The first kappa shape index (κ1) is 14.9. The smallest absolute Gasteiger partial charge is 0.254 e. The fourth-order valence-corrected chi connectivity index (χ4v) is 2.57. The second-order valence-corrected chi connectivity index (χ2v) is 6.00. The topological polar surface area (TPSA) is 49.3 Å². The van der Waals surface area contributed by atoms with E-state index in [0.717, 1.165) is 12.8 Å². The van der Waals surface area contributed by atoms with E-state index in [-0.39, 0.29) is 16.9 Å². The summed E-state index contributed by atoms with van der Waals surface area (Å²) in [6, 6.07) is 4.20. The van der Waals surface area contributed by atoms with E-state index in [2.05, 4.69) is 17.2 Å². The molecule has 20 heavy (non-hydrogen) atoms. The Morgan fingerprint density at radius 2 is 2.30 bits per heavy atom. The second kappa shape index (κ2) is 6.29. The number of amides is 1. The van der Waals surface area contributed by atoms with Gasteiger partial charge in [0.1, 0.15) is 12.4 Å². The first-order valence-electron chi connectivity index (χ1n) is 6.33. The molecule has 5 heteroatoms. The molecule has 0 radical (unpaired) electrons. The van der Waals surface area contributed by atoms with Crippen LogP contribution >= 0.6 is 11.8 Å². The van der Waals surface area contributed by atoms with Crippen LogP contribution < -0.4 is 5.32 Å². The van der Waals surface area contributed by atoms with E-state index in [9.17, 15) is 9.18 Å². The fourth-order valence-electron chi connectivity index (χ4n) is 1.85. The van der Waals surface area contributed by atoms with Gasteiger partial charge in [-0.2, -0.15) is 11.8 Å². The van der Waals surface area contributed by atoms with Gasteiger partial charge in [0.05, 0.1) is 5.56 Å². The average Bonchev–Trinajstić information content (AvgIpc) is 3.23. The number of nitrogens with one attached hydrogen (secondary N) is 1. The van der Waals surface area contributed by atoms with E-state index in [1.165, 1.54) is 12.1 Å². The van der Waals surface area contributed by atoms with Gasteiger partial charge in [0.15, 0.2) is 0 Å². The Bertz CT molecular complexity index is 573. The molecular weight excluding hydrogens is 277 g/mol. The van der Waals surface area contributed by atoms with Crippen molar-refractivity contribution < 1.29 is 14.3 Å². The lowest BCUT2D eigenvalue weighted by atomic mass is 10.1. The van der Waals surface area contributed by atoms with Crippen molar-refractivity contribution in [2.75, 3.05) is 19.4 Å². The summed E-state index contributed by atoms with van der Waals surface area (Å²) >= 11 is 1.74. The van der Waals surface area contributed by atoms with E-state index in [4.69, 9.17) is 5.11 Å². The van der Waals surface area contributed by atoms with E-state index in [1.807, 2.05) is 6.26 Å². The molecule has 0 aliphatic heterocycles. The van der Waals surface area contributed by atoms with E-state index in [0.29, 0.717) is 12.1 Å². The Labute approximate surface area is 122 Å². The molecule has 1 aliphatic rings. The van der Waals surface area contributed by atoms with Gasteiger partial charge in [-0.3, -0.25) is 4.79 Å². The van der Waals surface area contributed by atoms with Crippen molar-refractivity contribution in [3.63, 3.8) is 0 Å². The predicted molar refractivity (Wildman–Crippen MR) is 78.2 cm³/mol. The second-order valence-electron chi connectivity index (χ2n) is 4.72. The van der Waals surface area contributed by atoms with Crippen LogP contribution in [-0.4, -0.2) is 35.2 Å². The number of carbonyl (C=O) groups is 1. The molecule has 2 rings (SSSR count). The normalized spacial score (nSPS) is 15.2. The lowest BCUT2D eigenvalue weighted by Crippen LogP contribution is -2.32. The van der Waals surface area contributed by atoms with E-state index >= 15 is 0 Å². The third kappa shape index (κ3) is 3.53. The number of benzene rings is 1. The van der Waals surface area contributed by atoms with Crippen LogP contribution in [0, 0.1) is 17.7 Å². The molecule has 1 amide bonds. The molecule has 0 atom stereocenters. The fraction of sp³-hybridized carbons (Fsp3) is 0.400. The highest BCUT2D eigenvalue weighted by Gasteiger charge is 2.42. The summed E-state index contributed by atoms with van der Waals surface area (Å²) in [5.41, 5.74) is 0.465. The van der Waals surface area contributed by atoms with Crippen LogP contribution in [-0.2, 0) is 0 Å². The van der Waals surface area contributed by atoms with Crippen molar-refractivity contribution in [1.82, 2.24) is 5.32 Å². The Balaban J connectivity index is 2.03. The number of halogens is 1. The molecule has 1 fully saturated rings. The first-order chi connectivity index (χ1) is 9.60. The van der Waals surface area contributed by atoms with Crippen LogP contribution in [0.1, 0.15) is 28.8 Å². The van der Waals surface area contributed by atoms with Crippen molar-refractivity contribution in [1.29, 1.82) is 0 Å². The summed E-state index contributed by atoms with van der Waals surface area (Å²) < 4.78 is 14.0. The van der Waals surface area contributed by atoms with Gasteiger partial charge in [-0.15, -0.1) is 0 Å². The highest BCUT2D eigenvalue weighted by molar-refractivity contribution is 8.00. The number of rotatable bonds is 4. The van der Waals surface area contributed by atoms with Crippen LogP contribution in [0.3, 0.4) is 0 Å². The van der Waals surface area contributed by atoms with Gasteiger partial charge in [-0.25, -0.2) is 4.39 Å². The molecule has 1 aromatic carbocycles. The highest BCUT2D eigenvalue weighted by atomic mass is 32.2. The summed E-state index contributed by atoms with van der Waals surface area (Å²) in [5.74, 6) is 4.04. The van der Waals surface area contributed by atoms with Crippen LogP contribution in [0.5, 0.6) is 0 Å². The third-order valence-corrected chi connectivity index (χ3v) is 4.76. The molecule has 0 unspecified atom stereocenters. The van der Waals surface area contributed by atoms with Crippen molar-refractivity contribution in [2.24, 2.45) is 0 Å². The molecule has 0 heterocycles. The molecule has 3 nitrogen and oxygen atoms in total. The maximum Gasteiger partial charge on any atom is 0.254 e. The van der Waals surface area contributed by atoms with Gasteiger partial charge < -0.3 is 10.4 Å². The third-order valence-electron chi connectivity index (χ3n) is 3.34. The van der Waals surface area contributed by atoms with Crippen molar-refractivity contribution >= 4 is 17.7 Å². The molecule has 0 aromatic heterocycles. The minimum absolute atomic E-state index is 0.0245. The maximum atomic E-state index is 13.8. The quantitative estimate of drug-likeness (QED) is 0.832. The standard InChI is InChI=1S/C15H16FNO2S/c1-20-15(6-7-15)10-17-14(19)12-5-4-11(3-2-8-18)9-13(12)16/h4-5,9,18H,6-8,10H2,1H3,(H,17,19). The summed E-state index contributed by atoms with van der Waals surface area (Å²) in [7, 11) is 0. The molecule has 0 saturated heterocycles. The van der Waals surface area contributed by atoms with Gasteiger partial charge in [0.2, 0.25) is 0 Å². The van der Waals surface area contributed by atoms with Gasteiger partial charge in [0.25, 0.3) is 5.91 Å². The van der Waals surface area contributed by atoms with Crippen LogP contribution in [0.15, 0.2) is 18.2 Å². The van der Waals surface area contributed by atoms with Gasteiger partial charge in [-0.1, -0.05) is 11.8 Å². The molecule has 2 N–H and O–H groups in total. The number of aliphatic hydroxyl groups is 1. The zero-order chi connectivity index (χ0) is 14.6. The minimum Gasteiger partial charge on any atom is -0.384 e. The summed E-state index contributed by atoms with van der Waals surface area (Å²) in [4.78, 5) is 11.9. The molecular formula is C15H16FNO2S. The monoisotopic (exact) mass is 293 g/mol. The number of aliphatic hydroxyl groups excluding tert-OH is 1. The van der Waals surface area contributed by atoms with Crippen molar-refractivity contribution in [3.8, 4) is 11.8 Å². The van der Waals surface area contributed by atoms with Crippen LogP contribution in [0.2, 0.25) is 0 Å².